The van der Waals surface area contributed by atoms with Gasteiger partial charge >= 0.3 is 0 Å². The number of rotatable bonds is 14. The average molecular weight is 442 g/mol. The van der Waals surface area contributed by atoms with Crippen LogP contribution in [-0.4, -0.2) is 55.7 Å². The molecule has 0 rings (SSSR count). The highest BCUT2D eigenvalue weighted by molar-refractivity contribution is 5.88. The van der Waals surface area contributed by atoms with Gasteiger partial charge in [0.2, 0.25) is 17.7 Å². The molecule has 0 aromatic heterocycles. The first-order chi connectivity index (χ1) is 14.3. The Morgan fingerprint density at radius 1 is 0.800 bits per heavy atom. The van der Waals surface area contributed by atoms with E-state index in [2.05, 4.69) is 16.0 Å². The van der Waals surface area contributed by atoms with Crippen molar-refractivity contribution in [2.45, 2.75) is 79.7 Å². The van der Waals surface area contributed by atoms with Crippen molar-refractivity contribution < 1.29 is 26.3 Å². The van der Waals surface area contributed by atoms with E-state index >= 15 is 0 Å². The number of hydrogen-bond donors (Lipinski definition) is 5. The summed E-state index contributed by atoms with van der Waals surface area (Å²) < 4.78 is 0. The first-order valence-electron chi connectivity index (χ1n) is 11.1. The van der Waals surface area contributed by atoms with Crippen molar-refractivity contribution in [2.75, 3.05) is 26.2 Å². The Balaban J connectivity index is -0.000000128. The van der Waals surface area contributed by atoms with Gasteiger partial charge in [-0.05, 0) is 12.8 Å². The molecular weight excluding hydrogens is 386 g/mol. The van der Waals surface area contributed by atoms with Crippen LogP contribution in [0.2, 0.25) is 0 Å². The van der Waals surface area contributed by atoms with Crippen LogP contribution in [0.5, 0.6) is 0 Å². The van der Waals surface area contributed by atoms with Gasteiger partial charge in [-0.3, -0.25) is 19.2 Å². The first-order valence-corrected chi connectivity index (χ1v) is 11.1. The highest BCUT2D eigenvalue weighted by Gasteiger charge is 2.21. The highest BCUT2D eigenvalue weighted by atomic mass is 16.2. The van der Waals surface area contributed by atoms with Gasteiger partial charge in [-0.25, -0.2) is 0 Å². The molecule has 188 valence electrons. The predicted molar refractivity (Wildman–Crippen MR) is 132 cm³/mol. The molecule has 1 atom stereocenters. The summed E-state index contributed by atoms with van der Waals surface area (Å²) >= 11 is 0. The fraction of sp³-hybridized carbons (Fsp3) is 0.810. The lowest BCUT2D eigenvalue weighted by atomic mass is 10.0. The summed E-state index contributed by atoms with van der Waals surface area (Å²) in [5, 5.41) is 7.86. The van der Waals surface area contributed by atoms with E-state index in [4.69, 9.17) is 11.5 Å². The van der Waals surface area contributed by atoms with E-state index < -0.39 is 6.04 Å². The molecule has 0 aliphatic rings. The number of carbonyl (C=O) groups is 4. The molecule has 9 heteroatoms. The summed E-state index contributed by atoms with van der Waals surface area (Å²) in [5.41, 5.74) is 10.7. The Morgan fingerprint density at radius 3 is 1.83 bits per heavy atom. The van der Waals surface area contributed by atoms with Crippen LogP contribution < -0.4 is 27.4 Å². The van der Waals surface area contributed by atoms with Gasteiger partial charge in [0.1, 0.15) is 11.8 Å². The van der Waals surface area contributed by atoms with Crippen molar-refractivity contribution >= 4 is 23.5 Å². The molecule has 0 heterocycles. The van der Waals surface area contributed by atoms with Crippen molar-refractivity contribution in [3.05, 3.63) is 0 Å². The van der Waals surface area contributed by atoms with E-state index in [1.807, 2.05) is 41.5 Å². The van der Waals surface area contributed by atoms with Gasteiger partial charge < -0.3 is 27.4 Å². The van der Waals surface area contributed by atoms with Crippen molar-refractivity contribution in [3.63, 3.8) is 0 Å². The van der Waals surface area contributed by atoms with Crippen molar-refractivity contribution in [3.8, 4) is 0 Å². The van der Waals surface area contributed by atoms with Gasteiger partial charge in [0.15, 0.2) is 0 Å². The van der Waals surface area contributed by atoms with Crippen LogP contribution in [0.3, 0.4) is 0 Å². The standard InChI is InChI=1S/C17H33N5O4.2C2H6.5H2/c1-12(2)14(23)4-3-5-16(25)22-13(17(26)21-11-9-19)6-7-15(24)20-10-8-18;2*1-2;;;;;/h12-13H,3-11,18-19H2,1-2H3,(H,20,24)(H,21,26)(H,22,25);2*1-2H3;5*1H. The summed E-state index contributed by atoms with van der Waals surface area (Å²) in [6, 6.07) is -0.821. The Morgan fingerprint density at radius 2 is 1.33 bits per heavy atom. The maximum absolute atomic E-state index is 12.1. The SMILES string of the molecule is CC.CC.CC(C)C(=O)CCCC(=O)NC(CCC(=O)NCCN)C(=O)NCCN.[HH].[HH].[HH].[HH].[HH]. The Kier molecular flexibility index (Phi) is 25.3. The number of Topliss-reactive ketones (excluding diaryl/α,β-unsaturated/α-hetero) is 1. The lowest BCUT2D eigenvalue weighted by Gasteiger charge is -2.18. The van der Waals surface area contributed by atoms with Gasteiger partial charge in [-0.15, -0.1) is 0 Å². The molecule has 0 bridgehead atoms. The second-order valence-electron chi connectivity index (χ2n) is 6.35. The zero-order valence-corrected chi connectivity index (χ0v) is 19.8. The van der Waals surface area contributed by atoms with Gasteiger partial charge in [-0.1, -0.05) is 41.5 Å². The molecule has 0 fully saturated rings. The largest absolute Gasteiger partial charge is 0.355 e. The van der Waals surface area contributed by atoms with Crippen LogP contribution in [-0.2, 0) is 19.2 Å². The summed E-state index contributed by atoms with van der Waals surface area (Å²) in [7, 11) is 0. The number of carbonyl (C=O) groups excluding carboxylic acids is 4. The summed E-state index contributed by atoms with van der Waals surface area (Å²) in [6.07, 6.45) is 1.17. The minimum absolute atomic E-state index is 0. The van der Waals surface area contributed by atoms with Gasteiger partial charge in [0.25, 0.3) is 0 Å². The lowest BCUT2D eigenvalue weighted by Crippen LogP contribution is -2.48. The molecule has 1 unspecified atom stereocenters. The minimum atomic E-state index is -0.821. The molecule has 7 N–H and O–H groups in total. The molecule has 0 aliphatic carbocycles. The average Bonchev–Trinajstić information content (AvgIpc) is 2.75. The zero-order valence-electron chi connectivity index (χ0n) is 19.8. The van der Waals surface area contributed by atoms with E-state index in [1.165, 1.54) is 0 Å². The molecule has 0 aliphatic heterocycles. The van der Waals surface area contributed by atoms with Crippen molar-refractivity contribution in [1.29, 1.82) is 0 Å². The van der Waals surface area contributed by atoms with Crippen LogP contribution >= 0.6 is 0 Å². The van der Waals surface area contributed by atoms with E-state index in [-0.39, 0.29) is 68.9 Å². The molecule has 9 nitrogen and oxygen atoms in total. The first kappa shape index (κ1) is 32.7. The maximum atomic E-state index is 12.1. The topological polar surface area (TPSA) is 156 Å². The number of amides is 3. The third-order valence-electron chi connectivity index (χ3n) is 3.69. The van der Waals surface area contributed by atoms with Crippen molar-refractivity contribution in [1.82, 2.24) is 16.0 Å². The van der Waals surface area contributed by atoms with Crippen molar-refractivity contribution in [2.24, 2.45) is 17.4 Å². The molecule has 0 saturated heterocycles. The minimum Gasteiger partial charge on any atom is -0.355 e. The van der Waals surface area contributed by atoms with Gasteiger partial charge in [0.05, 0.1) is 0 Å². The smallest absolute Gasteiger partial charge is 0.242 e. The molecule has 30 heavy (non-hydrogen) atoms. The van der Waals surface area contributed by atoms with E-state index in [0.29, 0.717) is 25.9 Å². The molecule has 0 radical (unpaired) electrons. The van der Waals surface area contributed by atoms with E-state index in [9.17, 15) is 19.2 Å². The third-order valence-corrected chi connectivity index (χ3v) is 3.69. The normalized spacial score (nSPS) is 10.6. The molecule has 0 spiro atoms. The summed E-state index contributed by atoms with van der Waals surface area (Å²) in [6.45, 7) is 12.9. The number of nitrogens with two attached hydrogens (primary N) is 2. The van der Waals surface area contributed by atoms with Crippen LogP contribution in [0.1, 0.15) is 80.8 Å². The van der Waals surface area contributed by atoms with Crippen LogP contribution in [0.25, 0.3) is 0 Å². The molecular formula is C21H55N5O4. The molecule has 3 amide bonds. The monoisotopic (exact) mass is 441 g/mol. The fourth-order valence-corrected chi connectivity index (χ4v) is 2.14. The van der Waals surface area contributed by atoms with E-state index in [1.54, 1.807) is 0 Å². The van der Waals surface area contributed by atoms with Crippen LogP contribution in [0, 0.1) is 5.92 Å². The number of nitrogens with one attached hydrogen (secondary N) is 3. The Labute approximate surface area is 189 Å². The molecule has 0 aromatic rings. The lowest BCUT2D eigenvalue weighted by molar-refractivity contribution is -0.130. The second kappa shape index (κ2) is 23.3. The molecule has 0 saturated carbocycles. The number of hydrogen-bond acceptors (Lipinski definition) is 6. The summed E-state index contributed by atoms with van der Waals surface area (Å²) in [4.78, 5) is 47.5. The Hall–Kier alpha value is -2.00. The van der Waals surface area contributed by atoms with Gasteiger partial charge in [-0.2, -0.15) is 0 Å². The fourth-order valence-electron chi connectivity index (χ4n) is 2.14. The van der Waals surface area contributed by atoms with Gasteiger partial charge in [0, 0.05) is 58.5 Å². The van der Waals surface area contributed by atoms with Crippen LogP contribution in [0.15, 0.2) is 0 Å². The second-order valence-corrected chi connectivity index (χ2v) is 6.35. The zero-order chi connectivity index (χ0) is 23.9. The quantitative estimate of drug-likeness (QED) is 0.278. The maximum Gasteiger partial charge on any atom is 0.242 e. The van der Waals surface area contributed by atoms with E-state index in [0.717, 1.165) is 0 Å². The Bertz CT molecular complexity index is 491. The third kappa shape index (κ3) is 19.3. The summed E-state index contributed by atoms with van der Waals surface area (Å²) in [5.74, 6) is -0.888. The predicted octanol–water partition coefficient (Wildman–Crippen LogP) is 2.08. The molecule has 0 aromatic carbocycles. The highest BCUT2D eigenvalue weighted by Crippen LogP contribution is 2.05. The van der Waals surface area contributed by atoms with Crippen LogP contribution in [0.4, 0.5) is 0 Å². The number of ketones is 1.